The zero-order valence-electron chi connectivity index (χ0n) is 7.43. The van der Waals surface area contributed by atoms with Crippen molar-refractivity contribution in [2.75, 3.05) is 0 Å². The SMILES string of the molecule is CCC(S)Cc1cc(F)cc(F)c1. The molecule has 0 N–H and O–H groups in total. The molecule has 1 unspecified atom stereocenters. The second-order valence-electron chi connectivity index (χ2n) is 3.04. The van der Waals surface area contributed by atoms with Crippen LogP contribution >= 0.6 is 12.6 Å². The van der Waals surface area contributed by atoms with Gasteiger partial charge in [-0.15, -0.1) is 0 Å². The second kappa shape index (κ2) is 4.61. The zero-order chi connectivity index (χ0) is 9.84. The highest BCUT2D eigenvalue weighted by Crippen LogP contribution is 2.13. The van der Waals surface area contributed by atoms with E-state index in [1.54, 1.807) is 0 Å². The predicted molar refractivity (Wildman–Crippen MR) is 53.1 cm³/mol. The van der Waals surface area contributed by atoms with Gasteiger partial charge in [0.1, 0.15) is 11.6 Å². The molecule has 0 nitrogen and oxygen atoms in total. The van der Waals surface area contributed by atoms with Gasteiger partial charge in [0, 0.05) is 11.3 Å². The summed E-state index contributed by atoms with van der Waals surface area (Å²) in [5, 5.41) is 0.168. The van der Waals surface area contributed by atoms with Crippen molar-refractivity contribution in [2.45, 2.75) is 25.0 Å². The van der Waals surface area contributed by atoms with E-state index in [0.717, 1.165) is 12.5 Å². The number of halogens is 2. The van der Waals surface area contributed by atoms with Gasteiger partial charge in [0.25, 0.3) is 0 Å². The molecule has 0 aliphatic carbocycles. The molecular formula is C10H12F2S. The van der Waals surface area contributed by atoms with Gasteiger partial charge in [-0.3, -0.25) is 0 Å². The molecule has 0 fully saturated rings. The predicted octanol–water partition coefficient (Wildman–Crippen LogP) is 3.22. The maximum Gasteiger partial charge on any atom is 0.126 e. The van der Waals surface area contributed by atoms with Crippen LogP contribution in [0.15, 0.2) is 18.2 Å². The summed E-state index contributed by atoms with van der Waals surface area (Å²) in [6.07, 6.45) is 1.50. The Hall–Kier alpha value is -0.570. The third-order valence-corrected chi connectivity index (χ3v) is 2.41. The van der Waals surface area contributed by atoms with Crippen molar-refractivity contribution < 1.29 is 8.78 Å². The Morgan fingerprint density at radius 2 is 1.77 bits per heavy atom. The van der Waals surface area contributed by atoms with Crippen LogP contribution in [0.5, 0.6) is 0 Å². The monoisotopic (exact) mass is 202 g/mol. The van der Waals surface area contributed by atoms with Crippen molar-refractivity contribution in [1.29, 1.82) is 0 Å². The molecule has 0 bridgehead atoms. The van der Waals surface area contributed by atoms with Crippen LogP contribution in [0.4, 0.5) is 8.78 Å². The van der Waals surface area contributed by atoms with Crippen LogP contribution in [0.1, 0.15) is 18.9 Å². The van der Waals surface area contributed by atoms with Crippen LogP contribution in [-0.4, -0.2) is 5.25 Å². The molecule has 3 heteroatoms. The summed E-state index contributed by atoms with van der Waals surface area (Å²) in [5.41, 5.74) is 0.666. The fraction of sp³-hybridized carbons (Fsp3) is 0.400. The van der Waals surface area contributed by atoms with Crippen LogP contribution in [0, 0.1) is 11.6 Å². The molecule has 0 heterocycles. The highest BCUT2D eigenvalue weighted by Gasteiger charge is 2.04. The second-order valence-corrected chi connectivity index (χ2v) is 3.77. The fourth-order valence-corrected chi connectivity index (χ4v) is 1.36. The lowest BCUT2D eigenvalue weighted by Crippen LogP contribution is -2.02. The quantitative estimate of drug-likeness (QED) is 0.715. The van der Waals surface area contributed by atoms with Crippen molar-refractivity contribution in [3.05, 3.63) is 35.4 Å². The van der Waals surface area contributed by atoms with Crippen LogP contribution in [0.2, 0.25) is 0 Å². The first-order valence-corrected chi connectivity index (χ1v) is 4.76. The Morgan fingerprint density at radius 1 is 1.23 bits per heavy atom. The van der Waals surface area contributed by atoms with Gasteiger partial charge in [0.15, 0.2) is 0 Å². The van der Waals surface area contributed by atoms with Crippen molar-refractivity contribution in [2.24, 2.45) is 0 Å². The van der Waals surface area contributed by atoms with Crippen LogP contribution < -0.4 is 0 Å². The van der Waals surface area contributed by atoms with Gasteiger partial charge in [-0.1, -0.05) is 6.92 Å². The Balaban J connectivity index is 2.77. The molecule has 0 spiro atoms. The third-order valence-electron chi connectivity index (χ3n) is 1.86. The summed E-state index contributed by atoms with van der Waals surface area (Å²) >= 11 is 4.26. The van der Waals surface area contributed by atoms with E-state index in [1.807, 2.05) is 6.92 Å². The molecule has 1 rings (SSSR count). The molecule has 0 radical (unpaired) electrons. The Morgan fingerprint density at radius 3 is 2.23 bits per heavy atom. The lowest BCUT2D eigenvalue weighted by atomic mass is 10.1. The normalized spacial score (nSPS) is 12.9. The molecular weight excluding hydrogens is 190 g/mol. The Bertz CT molecular complexity index is 266. The molecule has 0 amide bonds. The van der Waals surface area contributed by atoms with Gasteiger partial charge in [-0.05, 0) is 30.5 Å². The molecule has 0 aromatic heterocycles. The molecule has 1 aromatic rings. The molecule has 1 atom stereocenters. The van der Waals surface area contributed by atoms with Crippen LogP contribution in [-0.2, 0) is 6.42 Å². The summed E-state index contributed by atoms with van der Waals surface area (Å²) in [6, 6.07) is 3.58. The average Bonchev–Trinajstić information content (AvgIpc) is 2.02. The maximum absolute atomic E-state index is 12.7. The zero-order valence-corrected chi connectivity index (χ0v) is 8.32. The largest absolute Gasteiger partial charge is 0.207 e. The van der Waals surface area contributed by atoms with E-state index < -0.39 is 11.6 Å². The number of benzene rings is 1. The van der Waals surface area contributed by atoms with Gasteiger partial charge in [-0.25, -0.2) is 8.78 Å². The van der Waals surface area contributed by atoms with Gasteiger partial charge in [-0.2, -0.15) is 12.6 Å². The summed E-state index contributed by atoms with van der Waals surface area (Å²) in [7, 11) is 0. The fourth-order valence-electron chi connectivity index (χ4n) is 1.15. The van der Waals surface area contributed by atoms with E-state index >= 15 is 0 Å². The maximum atomic E-state index is 12.7. The summed E-state index contributed by atoms with van der Waals surface area (Å²) < 4.78 is 25.4. The first-order chi connectivity index (χ1) is 6.11. The van der Waals surface area contributed by atoms with E-state index in [0.29, 0.717) is 12.0 Å². The molecule has 0 saturated carbocycles. The van der Waals surface area contributed by atoms with Gasteiger partial charge >= 0.3 is 0 Å². The molecule has 72 valence electrons. The van der Waals surface area contributed by atoms with Gasteiger partial charge < -0.3 is 0 Å². The standard InChI is InChI=1S/C10H12F2S/c1-2-10(13)5-7-3-8(11)6-9(12)4-7/h3-4,6,10,13H,2,5H2,1H3. The minimum atomic E-state index is -0.522. The highest BCUT2D eigenvalue weighted by molar-refractivity contribution is 7.80. The third kappa shape index (κ3) is 3.35. The van der Waals surface area contributed by atoms with E-state index in [4.69, 9.17) is 0 Å². The Kier molecular flexibility index (Phi) is 3.72. The number of hydrogen-bond donors (Lipinski definition) is 1. The first-order valence-electron chi connectivity index (χ1n) is 4.25. The summed E-state index contributed by atoms with van der Waals surface area (Å²) in [5.74, 6) is -1.04. The minimum absolute atomic E-state index is 0.168. The summed E-state index contributed by atoms with van der Waals surface area (Å²) in [6.45, 7) is 1.99. The molecule has 0 aliphatic rings. The van der Waals surface area contributed by atoms with Crippen molar-refractivity contribution in [1.82, 2.24) is 0 Å². The first kappa shape index (κ1) is 10.5. The van der Waals surface area contributed by atoms with E-state index in [9.17, 15) is 8.78 Å². The van der Waals surface area contributed by atoms with E-state index in [1.165, 1.54) is 12.1 Å². The van der Waals surface area contributed by atoms with Crippen LogP contribution in [0.3, 0.4) is 0 Å². The average molecular weight is 202 g/mol. The Labute approximate surface area is 82.4 Å². The molecule has 13 heavy (non-hydrogen) atoms. The number of rotatable bonds is 3. The van der Waals surface area contributed by atoms with Crippen molar-refractivity contribution >= 4 is 12.6 Å². The van der Waals surface area contributed by atoms with E-state index in [-0.39, 0.29) is 5.25 Å². The molecule has 1 aromatic carbocycles. The topological polar surface area (TPSA) is 0 Å². The van der Waals surface area contributed by atoms with Gasteiger partial charge in [0.2, 0.25) is 0 Å². The number of hydrogen-bond acceptors (Lipinski definition) is 1. The molecule has 0 saturated heterocycles. The van der Waals surface area contributed by atoms with Gasteiger partial charge in [0.05, 0.1) is 0 Å². The number of thiol groups is 1. The lowest BCUT2D eigenvalue weighted by molar-refractivity contribution is 0.579. The summed E-state index contributed by atoms with van der Waals surface area (Å²) in [4.78, 5) is 0. The van der Waals surface area contributed by atoms with Crippen molar-refractivity contribution in [3.8, 4) is 0 Å². The van der Waals surface area contributed by atoms with Crippen molar-refractivity contribution in [3.63, 3.8) is 0 Å². The lowest BCUT2D eigenvalue weighted by Gasteiger charge is -2.07. The van der Waals surface area contributed by atoms with Crippen LogP contribution in [0.25, 0.3) is 0 Å². The van der Waals surface area contributed by atoms with E-state index in [2.05, 4.69) is 12.6 Å². The highest BCUT2D eigenvalue weighted by atomic mass is 32.1. The minimum Gasteiger partial charge on any atom is -0.207 e. The smallest absolute Gasteiger partial charge is 0.126 e. The molecule has 0 aliphatic heterocycles.